The molecule has 0 aliphatic carbocycles. The molecular formula is C19H25FN3O12P. The second-order valence-electron chi connectivity index (χ2n) is 7.26. The second-order valence-corrected chi connectivity index (χ2v) is 8.82. The first-order chi connectivity index (χ1) is 16.7. The minimum atomic E-state index is -4.84. The van der Waals surface area contributed by atoms with E-state index < -0.39 is 93.9 Å². The molecule has 0 heterocycles. The predicted molar refractivity (Wildman–Crippen MR) is 116 cm³/mol. The third kappa shape index (κ3) is 11.8. The van der Waals surface area contributed by atoms with Gasteiger partial charge >= 0.3 is 25.7 Å². The Morgan fingerprint density at radius 2 is 1.47 bits per heavy atom. The molecule has 8 N–H and O–H groups in total. The highest BCUT2D eigenvalue weighted by atomic mass is 31.2. The van der Waals surface area contributed by atoms with Crippen LogP contribution in [0.1, 0.15) is 36.0 Å². The number of benzene rings is 1. The van der Waals surface area contributed by atoms with Crippen LogP contribution < -0.4 is 15.7 Å². The van der Waals surface area contributed by atoms with E-state index in [2.05, 4.69) is 9.84 Å². The first kappa shape index (κ1) is 30.6. The van der Waals surface area contributed by atoms with E-state index in [-0.39, 0.29) is 5.56 Å². The monoisotopic (exact) mass is 537 g/mol. The lowest BCUT2D eigenvalue weighted by molar-refractivity contribution is -0.141. The quantitative estimate of drug-likeness (QED) is 0.0956. The van der Waals surface area contributed by atoms with Crippen molar-refractivity contribution in [1.29, 1.82) is 0 Å². The van der Waals surface area contributed by atoms with Crippen LogP contribution in [-0.4, -0.2) is 80.0 Å². The van der Waals surface area contributed by atoms with Crippen molar-refractivity contribution in [3.8, 4) is 0 Å². The number of hydrogen-bond acceptors (Lipinski definition) is 8. The fourth-order valence-electron chi connectivity index (χ4n) is 2.59. The van der Waals surface area contributed by atoms with Gasteiger partial charge in [0.2, 0.25) is 5.91 Å². The zero-order valence-electron chi connectivity index (χ0n) is 18.5. The maximum Gasteiger partial charge on any atom is 0.403 e. The average Bonchev–Trinajstić information content (AvgIpc) is 2.77. The number of halogens is 1. The molecular weight excluding hydrogens is 512 g/mol. The minimum absolute atomic E-state index is 0.0187. The molecule has 0 aliphatic rings. The average molecular weight is 537 g/mol. The van der Waals surface area contributed by atoms with Crippen molar-refractivity contribution in [2.75, 3.05) is 6.61 Å². The standard InChI is InChI=1S/C19H25FN3O12P/c20-11-3-1-10(2-4-11)17(28)21-12(18(29)30)5-7-14(24)22-15(25)9-35-36(33,34)23-13(19(31)32)6-8-16(26)27/h1-4,12-13,15,25H,5-9H2,(H,21,28)(H,22,24)(H,26,27)(H,29,30)(H,31,32)(H2,23,33,34). The summed E-state index contributed by atoms with van der Waals surface area (Å²) in [5.41, 5.74) is -0.0187. The Morgan fingerprint density at radius 3 is 2.00 bits per heavy atom. The number of aliphatic hydroxyl groups is 1. The zero-order chi connectivity index (χ0) is 27.5. The summed E-state index contributed by atoms with van der Waals surface area (Å²) in [5, 5.41) is 42.4. The molecule has 0 aromatic heterocycles. The number of carbonyl (C=O) groups excluding carboxylic acids is 2. The molecule has 200 valence electrons. The van der Waals surface area contributed by atoms with Crippen LogP contribution in [0.25, 0.3) is 0 Å². The van der Waals surface area contributed by atoms with Crippen molar-refractivity contribution < 1.29 is 62.8 Å². The van der Waals surface area contributed by atoms with Crippen molar-refractivity contribution >= 4 is 37.5 Å². The normalized spacial score (nSPS) is 15.1. The number of hydrogen-bond donors (Lipinski definition) is 8. The van der Waals surface area contributed by atoms with Gasteiger partial charge in [0.25, 0.3) is 5.91 Å². The van der Waals surface area contributed by atoms with Crippen molar-refractivity contribution in [2.24, 2.45) is 0 Å². The molecule has 0 aliphatic heterocycles. The number of rotatable bonds is 16. The fraction of sp³-hybridized carbons (Fsp3) is 0.421. The highest BCUT2D eigenvalue weighted by Crippen LogP contribution is 2.38. The molecule has 1 rings (SSSR count). The Kier molecular flexibility index (Phi) is 12.1. The van der Waals surface area contributed by atoms with Crippen LogP contribution in [0.2, 0.25) is 0 Å². The summed E-state index contributed by atoms with van der Waals surface area (Å²) in [5.74, 6) is -6.78. The van der Waals surface area contributed by atoms with Crippen LogP contribution in [0.3, 0.4) is 0 Å². The second kappa shape index (κ2) is 14.2. The Hall–Kier alpha value is -3.43. The lowest BCUT2D eigenvalue weighted by Gasteiger charge is -2.20. The molecule has 0 spiro atoms. The fourth-order valence-corrected chi connectivity index (χ4v) is 3.64. The summed E-state index contributed by atoms with van der Waals surface area (Å²) in [7, 11) is -4.84. The molecule has 0 fully saturated rings. The molecule has 0 saturated heterocycles. The SMILES string of the molecule is O=C(O)CCC(NP(=O)(O)OCC(O)NC(=O)CCC(NC(=O)c1ccc(F)cc1)C(=O)O)C(=O)O. The Labute approximate surface area is 202 Å². The van der Waals surface area contributed by atoms with Gasteiger partial charge in [0.1, 0.15) is 24.5 Å². The van der Waals surface area contributed by atoms with E-state index in [0.29, 0.717) is 0 Å². The van der Waals surface area contributed by atoms with E-state index in [9.17, 15) is 48.0 Å². The summed E-state index contributed by atoms with van der Waals surface area (Å²) in [4.78, 5) is 66.7. The summed E-state index contributed by atoms with van der Waals surface area (Å²) in [6.45, 7) is -0.985. The smallest absolute Gasteiger partial charge is 0.403 e. The molecule has 2 amide bonds. The third-order valence-corrected chi connectivity index (χ3v) is 5.51. The zero-order valence-corrected chi connectivity index (χ0v) is 19.4. The summed E-state index contributed by atoms with van der Waals surface area (Å²) < 4.78 is 29.4. The van der Waals surface area contributed by atoms with E-state index in [0.717, 1.165) is 24.3 Å². The molecule has 15 nitrogen and oxygen atoms in total. The molecule has 4 unspecified atom stereocenters. The number of aliphatic hydroxyl groups excluding tert-OH is 1. The van der Waals surface area contributed by atoms with Crippen LogP contribution in [0.5, 0.6) is 0 Å². The number of nitrogens with one attached hydrogen (secondary N) is 3. The van der Waals surface area contributed by atoms with E-state index in [1.807, 2.05) is 5.32 Å². The van der Waals surface area contributed by atoms with Crippen LogP contribution in [0, 0.1) is 5.82 Å². The van der Waals surface area contributed by atoms with Crippen molar-refractivity contribution in [1.82, 2.24) is 15.7 Å². The highest BCUT2D eigenvalue weighted by molar-refractivity contribution is 7.50. The van der Waals surface area contributed by atoms with Gasteiger partial charge in [-0.15, -0.1) is 0 Å². The van der Waals surface area contributed by atoms with Crippen molar-refractivity contribution in [3.63, 3.8) is 0 Å². The third-order valence-electron chi connectivity index (χ3n) is 4.37. The van der Waals surface area contributed by atoms with Gasteiger partial charge < -0.3 is 36.0 Å². The summed E-state index contributed by atoms with van der Waals surface area (Å²) in [6.07, 6.45) is -3.95. The van der Waals surface area contributed by atoms with Gasteiger partial charge in [-0.05, 0) is 37.1 Å². The molecule has 0 saturated carbocycles. The van der Waals surface area contributed by atoms with Crippen LogP contribution in [-0.2, 0) is 28.3 Å². The Balaban J connectivity index is 2.53. The number of aliphatic carboxylic acids is 3. The lowest BCUT2D eigenvalue weighted by Crippen LogP contribution is -2.43. The largest absolute Gasteiger partial charge is 0.481 e. The topological polar surface area (TPSA) is 249 Å². The van der Waals surface area contributed by atoms with Crippen molar-refractivity contribution in [2.45, 2.75) is 44.0 Å². The Morgan fingerprint density at radius 1 is 0.917 bits per heavy atom. The van der Waals surface area contributed by atoms with E-state index in [1.165, 1.54) is 0 Å². The number of carbonyl (C=O) groups is 5. The molecule has 1 aromatic rings. The first-order valence-corrected chi connectivity index (χ1v) is 11.7. The first-order valence-electron chi connectivity index (χ1n) is 10.2. The van der Waals surface area contributed by atoms with E-state index >= 15 is 0 Å². The summed E-state index contributed by atoms with van der Waals surface area (Å²) >= 11 is 0. The molecule has 17 heteroatoms. The molecule has 0 radical (unpaired) electrons. The van der Waals surface area contributed by atoms with Gasteiger partial charge in [-0.1, -0.05) is 0 Å². The van der Waals surface area contributed by atoms with Crippen LogP contribution >= 0.6 is 7.75 Å². The predicted octanol–water partition coefficient (Wildman–Crippen LogP) is -0.752. The number of carboxylic acids is 3. The van der Waals surface area contributed by atoms with Crippen LogP contribution in [0.4, 0.5) is 4.39 Å². The lowest BCUT2D eigenvalue weighted by atomic mass is 10.1. The van der Waals surface area contributed by atoms with Gasteiger partial charge in [0, 0.05) is 18.4 Å². The van der Waals surface area contributed by atoms with Gasteiger partial charge in [-0.2, -0.15) is 0 Å². The van der Waals surface area contributed by atoms with E-state index in [4.69, 9.17) is 10.2 Å². The van der Waals surface area contributed by atoms with Gasteiger partial charge in [-0.3, -0.25) is 23.7 Å². The van der Waals surface area contributed by atoms with E-state index in [1.54, 1.807) is 5.09 Å². The minimum Gasteiger partial charge on any atom is -0.481 e. The highest BCUT2D eigenvalue weighted by Gasteiger charge is 2.30. The molecule has 36 heavy (non-hydrogen) atoms. The maximum absolute atomic E-state index is 12.9. The van der Waals surface area contributed by atoms with Gasteiger partial charge in [0.15, 0.2) is 6.23 Å². The maximum atomic E-state index is 12.9. The molecule has 4 atom stereocenters. The number of amides is 2. The van der Waals surface area contributed by atoms with Crippen molar-refractivity contribution in [3.05, 3.63) is 35.6 Å². The van der Waals surface area contributed by atoms with Crippen LogP contribution in [0.15, 0.2) is 24.3 Å². The summed E-state index contributed by atoms with van der Waals surface area (Å²) in [6, 6.07) is 1.00. The van der Waals surface area contributed by atoms with Gasteiger partial charge in [0.05, 0.1) is 0 Å². The molecule has 0 bridgehead atoms. The Bertz CT molecular complexity index is 1010. The molecule has 1 aromatic carbocycles. The van der Waals surface area contributed by atoms with Gasteiger partial charge in [-0.25, -0.2) is 18.8 Å². The number of carboxylic acid groups (broad SMARTS) is 3.